The van der Waals surface area contributed by atoms with Gasteiger partial charge in [0.25, 0.3) is 5.91 Å². The smallest absolute Gasteiger partial charge is 0.278 e. The molecule has 3 heterocycles. The van der Waals surface area contributed by atoms with E-state index < -0.39 is 28.6 Å². The van der Waals surface area contributed by atoms with Crippen LogP contribution >= 0.6 is 11.3 Å². The molecule has 2 unspecified atom stereocenters. The minimum Gasteiger partial charge on any atom is -0.487 e. The highest BCUT2D eigenvalue weighted by molar-refractivity contribution is 7.14. The minimum absolute atomic E-state index is 0.00224. The fraction of sp³-hybridized carbons (Fsp3) is 0.517. The Balaban J connectivity index is 1.64. The van der Waals surface area contributed by atoms with E-state index in [9.17, 15) is 18.4 Å². The summed E-state index contributed by atoms with van der Waals surface area (Å²) in [5, 5.41) is 11.4. The molecule has 1 fully saturated rings. The topological polar surface area (TPSA) is 80.6 Å². The molecule has 11 heteroatoms. The first-order valence-corrected chi connectivity index (χ1v) is 14.6. The molecule has 0 bridgehead atoms. The summed E-state index contributed by atoms with van der Waals surface area (Å²) in [5.74, 6) is -1.49. The lowest BCUT2D eigenvalue weighted by molar-refractivity contribution is 0.0229. The summed E-state index contributed by atoms with van der Waals surface area (Å²) in [4.78, 5) is 29.5. The van der Waals surface area contributed by atoms with Gasteiger partial charge in [-0.2, -0.15) is 0 Å². The summed E-state index contributed by atoms with van der Waals surface area (Å²) in [5.41, 5.74) is -0.265. The molecular formula is C29H35F2N5O3S. The van der Waals surface area contributed by atoms with Gasteiger partial charge in [0.15, 0.2) is 16.5 Å². The number of fused-ring (bicyclic) bond motifs is 1. The number of nitrogens with zero attached hydrogens (tertiary/aromatic N) is 5. The van der Waals surface area contributed by atoms with Crippen molar-refractivity contribution >= 4 is 17.2 Å². The third-order valence-electron chi connectivity index (χ3n) is 8.88. The molecule has 1 aliphatic heterocycles. The van der Waals surface area contributed by atoms with E-state index in [1.165, 1.54) is 23.5 Å². The summed E-state index contributed by atoms with van der Waals surface area (Å²) in [6.45, 7) is 8.44. The van der Waals surface area contributed by atoms with Gasteiger partial charge in [-0.25, -0.2) is 8.78 Å². The number of unbranched alkanes of at least 4 members (excludes halogenated alkanes) is 1. The summed E-state index contributed by atoms with van der Waals surface area (Å²) in [7, 11) is 3.74. The second-order valence-electron chi connectivity index (χ2n) is 11.0. The first-order chi connectivity index (χ1) is 19.0. The van der Waals surface area contributed by atoms with Crippen molar-refractivity contribution < 1.29 is 18.3 Å². The molecule has 2 aromatic heterocycles. The molecular weight excluding hydrogens is 536 g/mol. The van der Waals surface area contributed by atoms with E-state index >= 15 is 0 Å². The molecule has 0 radical (unpaired) electrons. The van der Waals surface area contributed by atoms with Crippen molar-refractivity contribution in [1.82, 2.24) is 19.8 Å². The van der Waals surface area contributed by atoms with Gasteiger partial charge in [-0.3, -0.25) is 19.3 Å². The Bertz CT molecular complexity index is 1510. The summed E-state index contributed by atoms with van der Waals surface area (Å²) in [6, 6.07) is 3.44. The zero-order chi connectivity index (χ0) is 28.9. The molecule has 1 aromatic carbocycles. The van der Waals surface area contributed by atoms with E-state index in [1.807, 2.05) is 19.0 Å². The molecule has 2 aliphatic rings. The maximum absolute atomic E-state index is 14.5. The molecule has 214 valence electrons. The van der Waals surface area contributed by atoms with E-state index in [1.54, 1.807) is 29.7 Å². The van der Waals surface area contributed by atoms with Gasteiger partial charge in [-0.1, -0.05) is 51.5 Å². The van der Waals surface area contributed by atoms with Crippen LogP contribution in [0.5, 0.6) is 5.75 Å². The van der Waals surface area contributed by atoms with Crippen molar-refractivity contribution in [3.63, 3.8) is 0 Å². The Morgan fingerprint density at radius 3 is 2.60 bits per heavy atom. The lowest BCUT2D eigenvalue weighted by atomic mass is 9.89. The number of hydrogen-bond donors (Lipinski definition) is 0. The zero-order valence-electron chi connectivity index (χ0n) is 23.7. The third kappa shape index (κ3) is 4.29. The summed E-state index contributed by atoms with van der Waals surface area (Å²) in [6.07, 6.45) is 5.02. The molecule has 1 amide bonds. The summed E-state index contributed by atoms with van der Waals surface area (Å²) >= 11 is 1.17. The number of carbonyl (C=O) groups excluding carboxylic acids is 1. The van der Waals surface area contributed by atoms with Crippen molar-refractivity contribution in [2.24, 2.45) is 11.8 Å². The van der Waals surface area contributed by atoms with Gasteiger partial charge in [0.1, 0.15) is 22.3 Å². The van der Waals surface area contributed by atoms with Crippen LogP contribution in [-0.4, -0.2) is 52.0 Å². The molecule has 8 nitrogen and oxygen atoms in total. The van der Waals surface area contributed by atoms with Crippen LogP contribution in [0, 0.1) is 23.5 Å². The van der Waals surface area contributed by atoms with E-state index in [-0.39, 0.29) is 34.4 Å². The number of hydrogen-bond acceptors (Lipinski definition) is 7. The second-order valence-corrected chi connectivity index (χ2v) is 12.0. The molecule has 1 spiro atoms. The molecule has 40 heavy (non-hydrogen) atoms. The highest BCUT2D eigenvalue weighted by Gasteiger charge is 2.56. The molecule has 4 atom stereocenters. The number of ether oxygens (including phenoxy) is 1. The second kappa shape index (κ2) is 10.6. The molecule has 1 aliphatic carbocycles. The largest absolute Gasteiger partial charge is 0.487 e. The van der Waals surface area contributed by atoms with Gasteiger partial charge in [-0.15, -0.1) is 10.2 Å². The number of carbonyl (C=O) groups is 1. The average molecular weight is 572 g/mol. The Hall–Kier alpha value is -3.34. The maximum atomic E-state index is 14.5. The average Bonchev–Trinajstić information content (AvgIpc) is 3.53. The van der Waals surface area contributed by atoms with Crippen LogP contribution in [-0.2, 0) is 0 Å². The van der Waals surface area contributed by atoms with Gasteiger partial charge < -0.3 is 9.64 Å². The number of pyridine rings is 1. The first-order valence-electron chi connectivity index (χ1n) is 13.8. The van der Waals surface area contributed by atoms with Crippen LogP contribution in [0.15, 0.2) is 29.2 Å². The molecule has 0 saturated heterocycles. The SMILES string of the molecule is CCCCOc1c2n(cc(-c3nnc(C(C)c4ccc(F)cc4F)s3)c1=O)N(C)C1(CC[C@H](C)[C@@H]1C)N(C)C2=O. The first kappa shape index (κ1) is 28.2. The molecule has 1 saturated carbocycles. The Morgan fingerprint density at radius 2 is 1.95 bits per heavy atom. The fourth-order valence-electron chi connectivity index (χ4n) is 6.16. The standard InChI is InChI=1S/C29H35F2N5O3S/c1-7-8-13-39-25-23-28(38)34(5)29(12-11-16(2)18(29)4)35(6)36(23)15-21(24(25)37)27-33-32-26(40-27)17(3)20-10-9-19(30)14-22(20)31/h9-10,14-18H,7-8,11-13H2,1-6H3/t16-,17?,18-,29?/m0/s1. The quantitative estimate of drug-likeness (QED) is 0.354. The molecule has 5 rings (SSSR count). The Labute approximate surface area is 236 Å². The summed E-state index contributed by atoms with van der Waals surface area (Å²) < 4.78 is 35.7. The highest BCUT2D eigenvalue weighted by atomic mass is 32.1. The fourth-order valence-corrected chi connectivity index (χ4v) is 7.08. The lowest BCUT2D eigenvalue weighted by Gasteiger charge is -2.54. The Morgan fingerprint density at radius 1 is 1.20 bits per heavy atom. The molecule has 3 aromatic rings. The van der Waals surface area contributed by atoms with Crippen LogP contribution in [0.2, 0.25) is 0 Å². The van der Waals surface area contributed by atoms with Crippen molar-refractivity contribution in [3.05, 3.63) is 62.5 Å². The van der Waals surface area contributed by atoms with E-state index in [0.29, 0.717) is 22.5 Å². The third-order valence-corrected chi connectivity index (χ3v) is 10.0. The van der Waals surface area contributed by atoms with Crippen LogP contribution in [0.3, 0.4) is 0 Å². The van der Waals surface area contributed by atoms with Gasteiger partial charge in [-0.05, 0) is 36.8 Å². The number of rotatable bonds is 7. The number of aromatic nitrogens is 3. The normalized spacial score (nSPS) is 23.1. The van der Waals surface area contributed by atoms with Gasteiger partial charge >= 0.3 is 0 Å². The number of halogens is 2. The van der Waals surface area contributed by atoms with Gasteiger partial charge in [0.05, 0.1) is 12.2 Å². The highest BCUT2D eigenvalue weighted by Crippen LogP contribution is 2.47. The van der Waals surface area contributed by atoms with Crippen molar-refractivity contribution in [3.8, 4) is 16.3 Å². The maximum Gasteiger partial charge on any atom is 0.278 e. The number of benzene rings is 1. The van der Waals surface area contributed by atoms with Crippen LogP contribution in [0.1, 0.15) is 80.4 Å². The van der Waals surface area contributed by atoms with Crippen LogP contribution < -0.4 is 15.2 Å². The van der Waals surface area contributed by atoms with E-state index in [4.69, 9.17) is 4.74 Å². The van der Waals surface area contributed by atoms with Crippen LogP contribution in [0.25, 0.3) is 10.6 Å². The van der Waals surface area contributed by atoms with E-state index in [2.05, 4.69) is 24.0 Å². The minimum atomic E-state index is -0.667. The van der Waals surface area contributed by atoms with Gasteiger partial charge in [0.2, 0.25) is 5.43 Å². The lowest BCUT2D eigenvalue weighted by Crippen LogP contribution is -2.69. The monoisotopic (exact) mass is 571 g/mol. The Kier molecular flexibility index (Phi) is 7.45. The predicted molar refractivity (Wildman–Crippen MR) is 150 cm³/mol. The predicted octanol–water partition coefficient (Wildman–Crippen LogP) is 5.39. The van der Waals surface area contributed by atoms with Crippen LogP contribution in [0.4, 0.5) is 8.78 Å². The van der Waals surface area contributed by atoms with Crippen molar-refractivity contribution in [1.29, 1.82) is 0 Å². The number of amides is 1. The van der Waals surface area contributed by atoms with Crippen molar-refractivity contribution in [2.75, 3.05) is 25.7 Å². The zero-order valence-corrected chi connectivity index (χ0v) is 24.5. The van der Waals surface area contributed by atoms with E-state index in [0.717, 1.165) is 31.7 Å². The van der Waals surface area contributed by atoms with Gasteiger partial charge in [0, 0.05) is 38.2 Å². The molecule has 0 N–H and O–H groups in total. The van der Waals surface area contributed by atoms with Crippen molar-refractivity contribution in [2.45, 2.75) is 65.0 Å².